The highest BCUT2D eigenvalue weighted by molar-refractivity contribution is 6.29. The number of benzene rings is 1. The van der Waals surface area contributed by atoms with Crippen LogP contribution < -0.4 is 5.32 Å². The lowest BCUT2D eigenvalue weighted by Crippen LogP contribution is -2.18. The number of hydrogen-bond donors (Lipinski definition) is 1. The zero-order valence-electron chi connectivity index (χ0n) is 15.8. The number of nitriles is 1. The predicted molar refractivity (Wildman–Crippen MR) is 112 cm³/mol. The number of amides is 1. The number of nitrogens with zero attached hydrogens (tertiary/aromatic N) is 4. The molecule has 7 heteroatoms. The van der Waals surface area contributed by atoms with E-state index in [-0.39, 0.29) is 5.91 Å². The van der Waals surface area contributed by atoms with Crippen molar-refractivity contribution in [2.45, 2.75) is 19.3 Å². The average Bonchev–Trinajstić information content (AvgIpc) is 2.73. The molecule has 142 valence electrons. The maximum Gasteiger partial charge on any atom is 0.255 e. The molecule has 0 aliphatic heterocycles. The maximum atomic E-state index is 12.7. The summed E-state index contributed by atoms with van der Waals surface area (Å²) in [6.07, 6.45) is 3.07. The van der Waals surface area contributed by atoms with Crippen LogP contribution in [0.3, 0.4) is 0 Å². The van der Waals surface area contributed by atoms with Gasteiger partial charge in [0.2, 0.25) is 0 Å². The summed E-state index contributed by atoms with van der Waals surface area (Å²) >= 11 is 5.97. The Morgan fingerprint density at radius 2 is 1.93 bits per heavy atom. The summed E-state index contributed by atoms with van der Waals surface area (Å²) in [6.45, 7) is 10.9. The SMILES string of the molecule is [C-]#[N+]c1ccc(NC(=O)c2ccnc(C(C)(C)C#N)c2)cc1-c1ccnc(Cl)c1. The van der Waals surface area contributed by atoms with Crippen LogP contribution in [0.1, 0.15) is 29.9 Å². The van der Waals surface area contributed by atoms with Crippen molar-refractivity contribution in [1.29, 1.82) is 5.26 Å². The molecular formula is C22H16ClN5O. The second-order valence-corrected chi connectivity index (χ2v) is 7.22. The number of anilines is 1. The number of nitrogens with one attached hydrogen (secondary N) is 1. The third-order valence-electron chi connectivity index (χ3n) is 4.35. The summed E-state index contributed by atoms with van der Waals surface area (Å²) < 4.78 is 0. The molecule has 0 atom stereocenters. The molecule has 1 N–H and O–H groups in total. The van der Waals surface area contributed by atoms with E-state index in [2.05, 4.69) is 26.2 Å². The molecular weight excluding hydrogens is 386 g/mol. The van der Waals surface area contributed by atoms with Gasteiger partial charge in [-0.3, -0.25) is 9.78 Å². The van der Waals surface area contributed by atoms with Crippen LogP contribution in [0.25, 0.3) is 16.0 Å². The van der Waals surface area contributed by atoms with E-state index in [4.69, 9.17) is 18.2 Å². The molecule has 0 spiro atoms. The summed E-state index contributed by atoms with van der Waals surface area (Å²) in [5.74, 6) is -0.336. The minimum Gasteiger partial charge on any atom is -0.322 e. The van der Waals surface area contributed by atoms with Crippen LogP contribution in [0.15, 0.2) is 54.9 Å². The molecule has 6 nitrogen and oxygen atoms in total. The second kappa shape index (κ2) is 8.10. The normalized spacial score (nSPS) is 10.7. The Labute approximate surface area is 173 Å². The number of halogens is 1. The van der Waals surface area contributed by atoms with Crippen molar-refractivity contribution in [1.82, 2.24) is 9.97 Å². The van der Waals surface area contributed by atoms with Gasteiger partial charge in [-0.25, -0.2) is 9.83 Å². The van der Waals surface area contributed by atoms with E-state index in [9.17, 15) is 10.1 Å². The molecule has 1 amide bonds. The number of pyridine rings is 2. The minimum absolute atomic E-state index is 0.317. The van der Waals surface area contributed by atoms with Crippen molar-refractivity contribution in [3.05, 3.63) is 82.7 Å². The number of rotatable bonds is 4. The fourth-order valence-corrected chi connectivity index (χ4v) is 2.86. The van der Waals surface area contributed by atoms with E-state index in [0.29, 0.717) is 33.3 Å². The average molecular weight is 402 g/mol. The minimum atomic E-state index is -0.804. The van der Waals surface area contributed by atoms with Crippen molar-refractivity contribution in [2.24, 2.45) is 0 Å². The molecule has 2 aromatic heterocycles. The lowest BCUT2D eigenvalue weighted by atomic mass is 9.90. The molecule has 3 rings (SSSR count). The standard InChI is InChI=1S/C22H16ClN5O/c1-22(2,13-24)19-10-15(7-8-26-19)21(29)28-16-4-5-18(25-3)17(12-16)14-6-9-27-20(23)11-14/h4-12H,1-2H3,(H,28,29). The van der Waals surface area contributed by atoms with E-state index in [0.717, 1.165) is 5.56 Å². The van der Waals surface area contributed by atoms with Crippen molar-refractivity contribution < 1.29 is 4.79 Å². The van der Waals surface area contributed by atoms with Crippen LogP contribution in [0.5, 0.6) is 0 Å². The Kier molecular flexibility index (Phi) is 5.59. The first-order valence-electron chi connectivity index (χ1n) is 8.66. The fourth-order valence-electron chi connectivity index (χ4n) is 2.69. The molecule has 0 saturated carbocycles. The van der Waals surface area contributed by atoms with Crippen LogP contribution in [0.4, 0.5) is 11.4 Å². The maximum absolute atomic E-state index is 12.7. The lowest BCUT2D eigenvalue weighted by Gasteiger charge is -2.15. The molecule has 3 aromatic rings. The van der Waals surface area contributed by atoms with Gasteiger partial charge in [0.25, 0.3) is 5.91 Å². The third-order valence-corrected chi connectivity index (χ3v) is 4.56. The van der Waals surface area contributed by atoms with Crippen LogP contribution >= 0.6 is 11.6 Å². The van der Waals surface area contributed by atoms with Gasteiger partial charge in [0.1, 0.15) is 5.15 Å². The number of carbonyl (C=O) groups excluding carboxylic acids is 1. The Morgan fingerprint density at radius 3 is 2.62 bits per heavy atom. The van der Waals surface area contributed by atoms with Gasteiger partial charge in [-0.2, -0.15) is 5.26 Å². The van der Waals surface area contributed by atoms with Crippen LogP contribution in [0, 0.1) is 17.9 Å². The van der Waals surface area contributed by atoms with Gasteiger partial charge in [-0.1, -0.05) is 17.7 Å². The third kappa shape index (κ3) is 4.40. The summed E-state index contributed by atoms with van der Waals surface area (Å²) in [5.41, 5.74) is 2.44. The van der Waals surface area contributed by atoms with Crippen molar-refractivity contribution in [3.8, 4) is 17.2 Å². The number of aromatic nitrogens is 2. The Hall–Kier alpha value is -3.74. The van der Waals surface area contributed by atoms with Gasteiger partial charge in [-0.05, 0) is 61.4 Å². The monoisotopic (exact) mass is 401 g/mol. The van der Waals surface area contributed by atoms with E-state index in [1.807, 2.05) is 0 Å². The molecule has 0 aliphatic rings. The highest BCUT2D eigenvalue weighted by Crippen LogP contribution is 2.34. The highest BCUT2D eigenvalue weighted by atomic mass is 35.5. The molecule has 0 aliphatic carbocycles. The van der Waals surface area contributed by atoms with E-state index >= 15 is 0 Å². The molecule has 0 fully saturated rings. The van der Waals surface area contributed by atoms with Crippen LogP contribution in [-0.2, 0) is 5.41 Å². The Morgan fingerprint density at radius 1 is 1.17 bits per heavy atom. The lowest BCUT2D eigenvalue weighted by molar-refractivity contribution is 0.102. The van der Waals surface area contributed by atoms with E-state index in [1.165, 1.54) is 6.20 Å². The van der Waals surface area contributed by atoms with Crippen molar-refractivity contribution in [3.63, 3.8) is 0 Å². The molecule has 0 unspecified atom stereocenters. The first kappa shape index (κ1) is 20.0. The van der Waals surface area contributed by atoms with Crippen molar-refractivity contribution in [2.75, 3.05) is 5.32 Å². The van der Waals surface area contributed by atoms with Crippen LogP contribution in [0.2, 0.25) is 5.15 Å². The van der Waals surface area contributed by atoms with Gasteiger partial charge in [-0.15, -0.1) is 0 Å². The largest absolute Gasteiger partial charge is 0.322 e. The summed E-state index contributed by atoms with van der Waals surface area (Å²) in [7, 11) is 0. The smallest absolute Gasteiger partial charge is 0.255 e. The van der Waals surface area contributed by atoms with Crippen LogP contribution in [-0.4, -0.2) is 15.9 Å². The molecule has 2 heterocycles. The first-order chi connectivity index (χ1) is 13.8. The van der Waals surface area contributed by atoms with E-state index < -0.39 is 5.41 Å². The quantitative estimate of drug-likeness (QED) is 0.468. The molecule has 29 heavy (non-hydrogen) atoms. The zero-order valence-corrected chi connectivity index (χ0v) is 16.5. The van der Waals surface area contributed by atoms with Gasteiger partial charge in [0.15, 0.2) is 5.69 Å². The number of hydrogen-bond acceptors (Lipinski definition) is 4. The summed E-state index contributed by atoms with van der Waals surface area (Å²) in [4.78, 5) is 24.4. The molecule has 0 saturated heterocycles. The predicted octanol–water partition coefficient (Wildman–Crippen LogP) is 5.40. The van der Waals surface area contributed by atoms with Crippen molar-refractivity contribution >= 4 is 28.9 Å². The first-order valence-corrected chi connectivity index (χ1v) is 9.04. The molecule has 0 radical (unpaired) electrons. The Balaban J connectivity index is 1.93. The van der Waals surface area contributed by atoms with Gasteiger partial charge >= 0.3 is 0 Å². The fraction of sp³-hybridized carbons (Fsp3) is 0.136. The Bertz CT molecular complexity index is 1170. The highest BCUT2D eigenvalue weighted by Gasteiger charge is 2.22. The van der Waals surface area contributed by atoms with Gasteiger partial charge in [0, 0.05) is 23.6 Å². The van der Waals surface area contributed by atoms with E-state index in [1.54, 1.807) is 62.5 Å². The molecule has 1 aromatic carbocycles. The topological polar surface area (TPSA) is 83.0 Å². The molecule has 0 bridgehead atoms. The zero-order chi connectivity index (χ0) is 21.0. The summed E-state index contributed by atoms with van der Waals surface area (Å²) in [6, 6.07) is 13.8. The second-order valence-electron chi connectivity index (χ2n) is 6.83. The number of carbonyl (C=O) groups is 1. The van der Waals surface area contributed by atoms with Gasteiger partial charge < -0.3 is 5.32 Å². The van der Waals surface area contributed by atoms with Gasteiger partial charge in [0.05, 0.1) is 23.8 Å². The summed E-state index contributed by atoms with van der Waals surface area (Å²) in [5, 5.41) is 12.4.